The summed E-state index contributed by atoms with van der Waals surface area (Å²) in [6.45, 7) is 8.10. The first-order valence-electron chi connectivity index (χ1n) is 6.46. The van der Waals surface area contributed by atoms with Crippen LogP contribution in [0.1, 0.15) is 36.9 Å². The summed E-state index contributed by atoms with van der Waals surface area (Å²) >= 11 is 0. The van der Waals surface area contributed by atoms with Gasteiger partial charge in [-0.1, -0.05) is 30.3 Å². The average Bonchev–Trinajstić information content (AvgIpc) is 2.53. The summed E-state index contributed by atoms with van der Waals surface area (Å²) < 4.78 is 0. The highest BCUT2D eigenvalue weighted by Crippen LogP contribution is 2.24. The molecule has 0 saturated heterocycles. The SMILES string of the molecule is C=CCC(C)NC1CCNCc2ccccc21. The second-order valence-corrected chi connectivity index (χ2v) is 4.81. The lowest BCUT2D eigenvalue weighted by Gasteiger charge is -2.23. The Hall–Kier alpha value is -1.12. The molecule has 1 aromatic rings. The predicted molar refractivity (Wildman–Crippen MR) is 72.9 cm³/mol. The summed E-state index contributed by atoms with van der Waals surface area (Å²) in [5, 5.41) is 7.18. The van der Waals surface area contributed by atoms with Crippen molar-refractivity contribution in [1.29, 1.82) is 0 Å². The third kappa shape index (κ3) is 3.18. The monoisotopic (exact) mass is 230 g/mol. The van der Waals surface area contributed by atoms with Crippen LogP contribution in [0.25, 0.3) is 0 Å². The van der Waals surface area contributed by atoms with Gasteiger partial charge in [-0.25, -0.2) is 0 Å². The van der Waals surface area contributed by atoms with Gasteiger partial charge in [-0.05, 0) is 37.4 Å². The van der Waals surface area contributed by atoms with E-state index in [1.807, 2.05) is 6.08 Å². The fourth-order valence-electron chi connectivity index (χ4n) is 2.49. The van der Waals surface area contributed by atoms with Crippen molar-refractivity contribution >= 4 is 0 Å². The standard InChI is InChI=1S/C15H22N2/c1-3-6-12(2)17-15-9-10-16-11-13-7-4-5-8-14(13)15/h3-5,7-8,12,15-17H,1,6,9-11H2,2H3. The molecule has 0 radical (unpaired) electrons. The van der Waals surface area contributed by atoms with Gasteiger partial charge in [0, 0.05) is 18.6 Å². The fourth-order valence-corrected chi connectivity index (χ4v) is 2.49. The lowest BCUT2D eigenvalue weighted by atomic mass is 9.98. The zero-order valence-corrected chi connectivity index (χ0v) is 10.6. The minimum atomic E-state index is 0.469. The summed E-state index contributed by atoms with van der Waals surface area (Å²) in [5.41, 5.74) is 2.88. The van der Waals surface area contributed by atoms with Crippen molar-refractivity contribution in [3.05, 3.63) is 48.0 Å². The van der Waals surface area contributed by atoms with Gasteiger partial charge in [0.2, 0.25) is 0 Å². The van der Waals surface area contributed by atoms with Crippen LogP contribution in [0.2, 0.25) is 0 Å². The molecule has 92 valence electrons. The van der Waals surface area contributed by atoms with E-state index in [0.29, 0.717) is 12.1 Å². The molecule has 1 aromatic carbocycles. The summed E-state index contributed by atoms with van der Waals surface area (Å²) in [6.07, 6.45) is 4.16. The van der Waals surface area contributed by atoms with Crippen LogP contribution in [0.3, 0.4) is 0 Å². The molecule has 2 N–H and O–H groups in total. The van der Waals surface area contributed by atoms with Gasteiger partial charge in [0.05, 0.1) is 0 Å². The molecule has 2 unspecified atom stereocenters. The molecule has 2 heteroatoms. The molecule has 0 bridgehead atoms. The van der Waals surface area contributed by atoms with Gasteiger partial charge >= 0.3 is 0 Å². The predicted octanol–water partition coefficient (Wildman–Crippen LogP) is 2.78. The zero-order chi connectivity index (χ0) is 12.1. The van der Waals surface area contributed by atoms with Crippen LogP contribution in [0.4, 0.5) is 0 Å². The van der Waals surface area contributed by atoms with E-state index in [9.17, 15) is 0 Å². The van der Waals surface area contributed by atoms with E-state index in [4.69, 9.17) is 0 Å². The molecule has 0 fully saturated rings. The minimum absolute atomic E-state index is 0.469. The van der Waals surface area contributed by atoms with Crippen LogP contribution >= 0.6 is 0 Å². The lowest BCUT2D eigenvalue weighted by Crippen LogP contribution is -2.31. The quantitative estimate of drug-likeness (QED) is 0.777. The third-order valence-electron chi connectivity index (χ3n) is 3.36. The van der Waals surface area contributed by atoms with Crippen molar-refractivity contribution in [2.45, 2.75) is 38.4 Å². The Bertz CT molecular complexity index is 373. The summed E-state index contributed by atoms with van der Waals surface area (Å²) in [6, 6.07) is 9.69. The number of fused-ring (bicyclic) bond motifs is 1. The molecular formula is C15H22N2. The van der Waals surface area contributed by atoms with Crippen molar-refractivity contribution in [2.24, 2.45) is 0 Å². The molecule has 1 aliphatic rings. The first kappa shape index (κ1) is 12.3. The number of rotatable bonds is 4. The first-order valence-corrected chi connectivity index (χ1v) is 6.46. The highest BCUT2D eigenvalue weighted by Gasteiger charge is 2.18. The van der Waals surface area contributed by atoms with Gasteiger partial charge in [0.25, 0.3) is 0 Å². The van der Waals surface area contributed by atoms with Crippen LogP contribution < -0.4 is 10.6 Å². The van der Waals surface area contributed by atoms with Crippen LogP contribution in [0.5, 0.6) is 0 Å². The average molecular weight is 230 g/mol. The topological polar surface area (TPSA) is 24.1 Å². The fraction of sp³-hybridized carbons (Fsp3) is 0.467. The molecule has 17 heavy (non-hydrogen) atoms. The maximum Gasteiger partial charge on any atom is 0.0337 e. The van der Waals surface area contributed by atoms with Crippen LogP contribution in [0.15, 0.2) is 36.9 Å². The molecular weight excluding hydrogens is 208 g/mol. The first-order chi connectivity index (χ1) is 8.31. The van der Waals surface area contributed by atoms with Gasteiger partial charge in [-0.3, -0.25) is 0 Å². The van der Waals surface area contributed by atoms with Gasteiger partial charge in [-0.15, -0.1) is 6.58 Å². The Kier molecular flexibility index (Phi) is 4.35. The maximum absolute atomic E-state index is 3.80. The number of hydrogen-bond acceptors (Lipinski definition) is 2. The van der Waals surface area contributed by atoms with Crippen molar-refractivity contribution < 1.29 is 0 Å². The van der Waals surface area contributed by atoms with Crippen LogP contribution in [0, 0.1) is 0 Å². The largest absolute Gasteiger partial charge is 0.313 e. The van der Waals surface area contributed by atoms with E-state index in [-0.39, 0.29) is 0 Å². The van der Waals surface area contributed by atoms with E-state index >= 15 is 0 Å². The van der Waals surface area contributed by atoms with Gasteiger partial charge in [0.1, 0.15) is 0 Å². The molecule has 1 heterocycles. The molecule has 0 aliphatic carbocycles. The number of hydrogen-bond donors (Lipinski definition) is 2. The molecule has 1 aliphatic heterocycles. The van der Waals surface area contributed by atoms with Crippen LogP contribution in [-0.2, 0) is 6.54 Å². The van der Waals surface area contributed by atoms with Crippen molar-refractivity contribution in [2.75, 3.05) is 6.54 Å². The smallest absolute Gasteiger partial charge is 0.0337 e. The molecule has 2 atom stereocenters. The second-order valence-electron chi connectivity index (χ2n) is 4.81. The van der Waals surface area contributed by atoms with E-state index in [2.05, 4.69) is 48.4 Å². The molecule has 0 spiro atoms. The van der Waals surface area contributed by atoms with Gasteiger partial charge in [-0.2, -0.15) is 0 Å². The summed E-state index contributed by atoms with van der Waals surface area (Å²) in [7, 11) is 0. The summed E-state index contributed by atoms with van der Waals surface area (Å²) in [5.74, 6) is 0. The van der Waals surface area contributed by atoms with E-state index in [1.54, 1.807) is 0 Å². The van der Waals surface area contributed by atoms with Crippen molar-refractivity contribution in [1.82, 2.24) is 10.6 Å². The van der Waals surface area contributed by atoms with Gasteiger partial charge < -0.3 is 10.6 Å². The van der Waals surface area contributed by atoms with Gasteiger partial charge in [0.15, 0.2) is 0 Å². The molecule has 2 nitrogen and oxygen atoms in total. The van der Waals surface area contributed by atoms with E-state index in [1.165, 1.54) is 11.1 Å². The molecule has 0 saturated carbocycles. The summed E-state index contributed by atoms with van der Waals surface area (Å²) in [4.78, 5) is 0. The highest BCUT2D eigenvalue weighted by molar-refractivity contribution is 5.31. The molecule has 2 rings (SSSR count). The lowest BCUT2D eigenvalue weighted by molar-refractivity contribution is 0.436. The normalized spacial score (nSPS) is 21.4. The van der Waals surface area contributed by atoms with Crippen molar-refractivity contribution in [3.8, 4) is 0 Å². The Morgan fingerprint density at radius 2 is 2.35 bits per heavy atom. The molecule has 0 amide bonds. The number of benzene rings is 1. The Labute approximate surface area is 104 Å². The highest BCUT2D eigenvalue weighted by atomic mass is 15.0. The number of nitrogens with one attached hydrogen (secondary N) is 2. The second kappa shape index (κ2) is 5.99. The Balaban J connectivity index is 2.14. The maximum atomic E-state index is 3.80. The minimum Gasteiger partial charge on any atom is -0.313 e. The Morgan fingerprint density at radius 3 is 3.18 bits per heavy atom. The van der Waals surface area contributed by atoms with Crippen molar-refractivity contribution in [3.63, 3.8) is 0 Å². The zero-order valence-electron chi connectivity index (χ0n) is 10.6. The molecule has 0 aromatic heterocycles. The third-order valence-corrected chi connectivity index (χ3v) is 3.36. The van der Waals surface area contributed by atoms with E-state index in [0.717, 1.165) is 25.9 Å². The van der Waals surface area contributed by atoms with Crippen LogP contribution in [-0.4, -0.2) is 12.6 Å². The van der Waals surface area contributed by atoms with E-state index < -0.39 is 0 Å². The Morgan fingerprint density at radius 1 is 1.53 bits per heavy atom.